The summed E-state index contributed by atoms with van der Waals surface area (Å²) in [5.41, 5.74) is 2.04. The quantitative estimate of drug-likeness (QED) is 0.576. The molecule has 2 aliphatic heterocycles. The number of nitrogens with zero attached hydrogens (tertiary/aromatic N) is 4. The average Bonchev–Trinajstić information content (AvgIpc) is 3.13. The third kappa shape index (κ3) is 5.10. The maximum absolute atomic E-state index is 13.3. The second kappa shape index (κ2) is 9.81. The minimum Gasteiger partial charge on any atom is -0.338 e. The number of aryl methyl sites for hydroxylation is 2. The number of piperidine rings is 1. The molecule has 1 unspecified atom stereocenters. The molecule has 0 spiro atoms. The van der Waals surface area contributed by atoms with Crippen molar-refractivity contribution in [3.8, 4) is 0 Å². The van der Waals surface area contributed by atoms with Crippen molar-refractivity contribution in [2.24, 2.45) is 0 Å². The smallest absolute Gasteiger partial charge is 0.261 e. The Bertz CT molecular complexity index is 1300. The highest BCUT2D eigenvalue weighted by Gasteiger charge is 2.30. The Labute approximate surface area is 206 Å². The molecular formula is C26H31N5O3S. The minimum absolute atomic E-state index is 0.0826. The third-order valence-electron chi connectivity index (χ3n) is 6.93. The first-order valence-electron chi connectivity index (χ1n) is 12.3. The van der Waals surface area contributed by atoms with Crippen LogP contribution in [-0.2, 0) is 23.0 Å². The van der Waals surface area contributed by atoms with Gasteiger partial charge in [0.25, 0.3) is 15.9 Å². The fourth-order valence-corrected chi connectivity index (χ4v) is 6.04. The summed E-state index contributed by atoms with van der Waals surface area (Å²) in [4.78, 5) is 15.2. The summed E-state index contributed by atoms with van der Waals surface area (Å²) in [6.07, 6.45) is 6.37. The van der Waals surface area contributed by atoms with E-state index in [0.29, 0.717) is 24.3 Å². The molecule has 184 valence electrons. The molecule has 3 aromatic rings. The number of carbonyl (C=O) groups excluding carboxylic acids is 1. The van der Waals surface area contributed by atoms with E-state index >= 15 is 0 Å². The largest absolute Gasteiger partial charge is 0.338 e. The lowest BCUT2D eigenvalue weighted by Gasteiger charge is -2.32. The highest BCUT2D eigenvalue weighted by molar-refractivity contribution is 7.92. The first kappa shape index (κ1) is 23.5. The van der Waals surface area contributed by atoms with E-state index in [9.17, 15) is 13.2 Å². The van der Waals surface area contributed by atoms with Crippen LogP contribution in [0.3, 0.4) is 0 Å². The number of anilines is 1. The van der Waals surface area contributed by atoms with Crippen LogP contribution >= 0.6 is 0 Å². The van der Waals surface area contributed by atoms with Gasteiger partial charge in [-0.2, -0.15) is 0 Å². The molecule has 0 saturated carbocycles. The van der Waals surface area contributed by atoms with Gasteiger partial charge in [-0.1, -0.05) is 24.1 Å². The van der Waals surface area contributed by atoms with E-state index in [0.717, 1.165) is 55.9 Å². The van der Waals surface area contributed by atoms with E-state index in [2.05, 4.69) is 19.5 Å². The number of likely N-dealkylation sites (tertiary alicyclic amines) is 1. The van der Waals surface area contributed by atoms with Crippen molar-refractivity contribution < 1.29 is 13.2 Å². The van der Waals surface area contributed by atoms with Gasteiger partial charge in [0.15, 0.2) is 0 Å². The number of hydrogen-bond donors (Lipinski definition) is 1. The lowest BCUT2D eigenvalue weighted by atomic mass is 9.96. The molecule has 0 aliphatic carbocycles. The Morgan fingerprint density at radius 3 is 2.49 bits per heavy atom. The van der Waals surface area contributed by atoms with Gasteiger partial charge >= 0.3 is 0 Å². The fourth-order valence-electron chi connectivity index (χ4n) is 4.98. The van der Waals surface area contributed by atoms with Gasteiger partial charge in [-0.3, -0.25) is 9.52 Å². The minimum atomic E-state index is -3.74. The van der Waals surface area contributed by atoms with Gasteiger partial charge in [-0.25, -0.2) is 8.42 Å². The molecule has 3 heterocycles. The predicted molar refractivity (Wildman–Crippen MR) is 134 cm³/mol. The second-order valence-corrected chi connectivity index (χ2v) is 11.2. The molecule has 35 heavy (non-hydrogen) atoms. The van der Waals surface area contributed by atoms with Crippen LogP contribution < -0.4 is 4.72 Å². The van der Waals surface area contributed by atoms with Crippen LogP contribution in [0.15, 0.2) is 53.4 Å². The van der Waals surface area contributed by atoms with Crippen molar-refractivity contribution in [2.45, 2.75) is 62.8 Å². The topological polar surface area (TPSA) is 97.2 Å². The number of nitrogens with one attached hydrogen (secondary N) is 1. The maximum Gasteiger partial charge on any atom is 0.261 e. The van der Waals surface area contributed by atoms with Crippen molar-refractivity contribution in [1.29, 1.82) is 0 Å². The van der Waals surface area contributed by atoms with Crippen molar-refractivity contribution in [2.75, 3.05) is 17.8 Å². The predicted octanol–water partition coefficient (Wildman–Crippen LogP) is 4.13. The van der Waals surface area contributed by atoms with Crippen molar-refractivity contribution in [1.82, 2.24) is 19.7 Å². The molecule has 1 aromatic heterocycles. The lowest BCUT2D eigenvalue weighted by Crippen LogP contribution is -2.39. The van der Waals surface area contributed by atoms with Crippen LogP contribution in [0.25, 0.3) is 0 Å². The van der Waals surface area contributed by atoms with Gasteiger partial charge in [0.1, 0.15) is 11.6 Å². The zero-order valence-corrected chi connectivity index (χ0v) is 20.8. The summed E-state index contributed by atoms with van der Waals surface area (Å²) in [7, 11) is -3.74. The molecule has 0 radical (unpaired) electrons. The van der Waals surface area contributed by atoms with Crippen LogP contribution in [0.5, 0.6) is 0 Å². The van der Waals surface area contributed by atoms with E-state index in [1.165, 1.54) is 18.6 Å². The molecule has 8 nitrogen and oxygen atoms in total. The van der Waals surface area contributed by atoms with Crippen LogP contribution in [-0.4, -0.2) is 47.1 Å². The molecule has 5 rings (SSSR count). The Kier molecular flexibility index (Phi) is 6.60. The summed E-state index contributed by atoms with van der Waals surface area (Å²) in [6.45, 7) is 4.19. The third-order valence-corrected chi connectivity index (χ3v) is 8.32. The summed E-state index contributed by atoms with van der Waals surface area (Å²) in [5, 5.41) is 8.94. The Balaban J connectivity index is 1.28. The Morgan fingerprint density at radius 1 is 0.943 bits per heavy atom. The highest BCUT2D eigenvalue weighted by Crippen LogP contribution is 2.29. The van der Waals surface area contributed by atoms with Crippen molar-refractivity contribution >= 4 is 21.6 Å². The summed E-state index contributed by atoms with van der Waals surface area (Å²) in [5.74, 6) is 2.16. The molecular weight excluding hydrogens is 462 g/mol. The van der Waals surface area contributed by atoms with Crippen molar-refractivity contribution in [3.05, 3.63) is 71.3 Å². The zero-order chi connectivity index (χ0) is 24.4. The van der Waals surface area contributed by atoms with Gasteiger partial charge in [0, 0.05) is 43.2 Å². The number of carbonyl (C=O) groups is 1. The SMILES string of the molecule is Cc1ccc(NS(=O)(=O)c2ccc(C(=O)N3CCCC(c4nnc5n4CCCCC5)C3)cc2)cc1. The zero-order valence-electron chi connectivity index (χ0n) is 20.0. The summed E-state index contributed by atoms with van der Waals surface area (Å²) >= 11 is 0. The summed E-state index contributed by atoms with van der Waals surface area (Å²) < 4.78 is 30.4. The van der Waals surface area contributed by atoms with Crippen LogP contribution in [0.2, 0.25) is 0 Å². The Hall–Kier alpha value is -3.20. The van der Waals surface area contributed by atoms with E-state index in [1.54, 1.807) is 24.3 Å². The molecule has 2 aromatic carbocycles. The van der Waals surface area contributed by atoms with Crippen molar-refractivity contribution in [3.63, 3.8) is 0 Å². The second-order valence-electron chi connectivity index (χ2n) is 9.52. The number of rotatable bonds is 5. The van der Waals surface area contributed by atoms with E-state index in [-0.39, 0.29) is 16.7 Å². The molecule has 1 N–H and O–H groups in total. The van der Waals surface area contributed by atoms with E-state index in [1.807, 2.05) is 24.0 Å². The monoisotopic (exact) mass is 493 g/mol. The van der Waals surface area contributed by atoms with Gasteiger partial charge < -0.3 is 9.47 Å². The molecule has 1 atom stereocenters. The van der Waals surface area contributed by atoms with Gasteiger partial charge in [0.05, 0.1) is 4.90 Å². The van der Waals surface area contributed by atoms with Gasteiger partial charge in [-0.15, -0.1) is 10.2 Å². The number of benzene rings is 2. The number of fused-ring (bicyclic) bond motifs is 1. The molecule has 1 fully saturated rings. The van der Waals surface area contributed by atoms with Crippen LogP contribution in [0.4, 0.5) is 5.69 Å². The molecule has 9 heteroatoms. The fraction of sp³-hybridized carbons (Fsp3) is 0.423. The van der Waals surface area contributed by atoms with E-state index < -0.39 is 10.0 Å². The highest BCUT2D eigenvalue weighted by atomic mass is 32.2. The number of amides is 1. The van der Waals surface area contributed by atoms with Gasteiger partial charge in [-0.05, 0) is 69.0 Å². The molecule has 1 amide bonds. The van der Waals surface area contributed by atoms with Crippen LogP contribution in [0, 0.1) is 6.92 Å². The number of hydrogen-bond acceptors (Lipinski definition) is 5. The normalized spacial score (nSPS) is 18.5. The average molecular weight is 494 g/mol. The van der Waals surface area contributed by atoms with Crippen LogP contribution in [0.1, 0.15) is 65.6 Å². The number of aromatic nitrogens is 3. The molecule has 1 saturated heterocycles. The maximum atomic E-state index is 13.3. The number of sulfonamides is 1. The van der Waals surface area contributed by atoms with Gasteiger partial charge in [0.2, 0.25) is 0 Å². The molecule has 2 aliphatic rings. The summed E-state index contributed by atoms with van der Waals surface area (Å²) in [6, 6.07) is 13.3. The first-order valence-corrected chi connectivity index (χ1v) is 13.8. The standard InChI is InChI=1S/C26H31N5O3S/c1-19-8-12-22(13-9-19)29-35(33,34)23-14-10-20(11-15-23)26(32)30-16-5-6-21(18-30)25-28-27-24-7-3-2-4-17-31(24)25/h8-15,21,29H,2-7,16-18H2,1H3. The lowest BCUT2D eigenvalue weighted by molar-refractivity contribution is 0.0703. The Morgan fingerprint density at radius 2 is 1.71 bits per heavy atom. The first-order chi connectivity index (χ1) is 16.9. The van der Waals surface area contributed by atoms with E-state index in [4.69, 9.17) is 0 Å². The molecule has 0 bridgehead atoms.